The number of carboxylic acid groups (broad SMARTS) is 4. The summed E-state index contributed by atoms with van der Waals surface area (Å²) in [5, 5.41) is 56.6. The molecule has 1 saturated heterocycles. The lowest BCUT2D eigenvalue weighted by molar-refractivity contribution is -0.138. The Kier molecular flexibility index (Phi) is 20.0. The number of aliphatic carboxylic acids is 4. The van der Waals surface area contributed by atoms with Crippen LogP contribution in [0.2, 0.25) is 0 Å². The number of carboxylic acids is 4. The molecule has 0 unspecified atom stereocenters. The van der Waals surface area contributed by atoms with Gasteiger partial charge in [-0.3, -0.25) is 58.0 Å². The molecule has 21 nitrogen and oxygen atoms in total. The first kappa shape index (κ1) is 44.8. The number of carbonyl (C=O) groups is 8. The zero-order chi connectivity index (χ0) is 40.0. The molecule has 1 aliphatic rings. The molecule has 1 fully saturated rings. The zero-order valence-corrected chi connectivity index (χ0v) is 30.2. The minimum atomic E-state index is -1.26. The third kappa shape index (κ3) is 19.5. The van der Waals surface area contributed by atoms with E-state index in [-0.39, 0.29) is 78.4 Å². The molecule has 0 spiro atoms. The van der Waals surface area contributed by atoms with Crippen molar-refractivity contribution in [2.24, 2.45) is 0 Å². The average Bonchev–Trinajstić information content (AvgIpc) is 3.10. The van der Waals surface area contributed by atoms with E-state index in [9.17, 15) is 38.4 Å². The van der Waals surface area contributed by atoms with Gasteiger partial charge in [0.25, 0.3) is 0 Å². The first-order valence-electron chi connectivity index (χ1n) is 16.6. The van der Waals surface area contributed by atoms with Crippen molar-refractivity contribution in [1.29, 1.82) is 5.26 Å². The first-order valence-corrected chi connectivity index (χ1v) is 17.4. The monoisotopic (exact) mass is 779 g/mol. The van der Waals surface area contributed by atoms with E-state index in [0.717, 1.165) is 17.3 Å². The number of thioether (sulfide) groups is 1. The van der Waals surface area contributed by atoms with Gasteiger partial charge >= 0.3 is 23.9 Å². The standard InChI is InChI=1S/C32H45N9O12S/c33-21-54-24-3-1-22(2-4-24)11-23-16-40(19-27(44)36-14-31(50)51)8-7-38(17-25(42)34-12-29(46)47)5-6-39(18-26(43)35-13-30(48)49)9-10-41(23)20-28(45)37-15-32(52)53/h1-4,23H,5-20H2,(H,34,42)(H,35,43)(H,36,44)(H,37,45)(H,46,47)(H,48,49)(H,50,51)(H,52,53)/t23-/m0/s1. The van der Waals surface area contributed by atoms with Crippen LogP contribution in [-0.2, 0) is 44.8 Å². The molecule has 1 aliphatic heterocycles. The molecule has 0 bridgehead atoms. The van der Waals surface area contributed by atoms with Gasteiger partial charge in [0, 0.05) is 56.8 Å². The third-order valence-corrected chi connectivity index (χ3v) is 8.51. The van der Waals surface area contributed by atoms with Gasteiger partial charge in [-0.25, -0.2) is 0 Å². The molecule has 2 rings (SSSR count). The van der Waals surface area contributed by atoms with Gasteiger partial charge in [-0.2, -0.15) is 5.26 Å². The highest BCUT2D eigenvalue weighted by atomic mass is 32.2. The van der Waals surface area contributed by atoms with Gasteiger partial charge in [-0.1, -0.05) is 12.1 Å². The largest absolute Gasteiger partial charge is 0.480 e. The Hall–Kier alpha value is -5.34. The van der Waals surface area contributed by atoms with E-state index in [1.807, 2.05) is 5.40 Å². The van der Waals surface area contributed by atoms with Crippen molar-refractivity contribution in [3.63, 3.8) is 0 Å². The van der Waals surface area contributed by atoms with Gasteiger partial charge in [0.1, 0.15) is 31.6 Å². The van der Waals surface area contributed by atoms with Crippen molar-refractivity contribution in [2.45, 2.75) is 17.4 Å². The second kappa shape index (κ2) is 24.1. The Bertz CT molecular complexity index is 1530. The van der Waals surface area contributed by atoms with Crippen molar-refractivity contribution >= 4 is 59.3 Å². The molecule has 8 N–H and O–H groups in total. The molecule has 0 aliphatic carbocycles. The SMILES string of the molecule is N#CSc1ccc(C[C@H]2CN(CC(=O)NCC(=O)O)CCN(CC(=O)NCC(=O)O)CCN(CC(=O)NCC(=O)O)CCN2CC(=O)NCC(=O)O)cc1. The smallest absolute Gasteiger partial charge is 0.322 e. The van der Waals surface area contributed by atoms with Crippen molar-refractivity contribution in [3.05, 3.63) is 29.8 Å². The molecule has 54 heavy (non-hydrogen) atoms. The fourth-order valence-electron chi connectivity index (χ4n) is 5.34. The van der Waals surface area contributed by atoms with Crippen LogP contribution in [0.5, 0.6) is 0 Å². The number of thiocyanates is 1. The van der Waals surface area contributed by atoms with Gasteiger partial charge in [0.15, 0.2) is 0 Å². The van der Waals surface area contributed by atoms with Crippen LogP contribution in [0.3, 0.4) is 0 Å². The summed E-state index contributed by atoms with van der Waals surface area (Å²) in [6, 6.07) is 6.49. The van der Waals surface area contributed by atoms with Gasteiger partial charge in [0.05, 0.1) is 26.2 Å². The average molecular weight is 780 g/mol. The minimum absolute atomic E-state index is 0.0968. The summed E-state index contributed by atoms with van der Waals surface area (Å²) in [5.74, 6) is -7.46. The van der Waals surface area contributed by atoms with Crippen LogP contribution in [0, 0.1) is 10.7 Å². The minimum Gasteiger partial charge on any atom is -0.480 e. The molecule has 0 saturated carbocycles. The molecule has 296 valence electrons. The number of benzene rings is 1. The number of carbonyl (C=O) groups excluding carboxylic acids is 4. The molecular weight excluding hydrogens is 734 g/mol. The van der Waals surface area contributed by atoms with E-state index in [1.165, 1.54) is 0 Å². The lowest BCUT2D eigenvalue weighted by atomic mass is 10.0. The maximum atomic E-state index is 13.1. The van der Waals surface area contributed by atoms with Crippen molar-refractivity contribution in [3.8, 4) is 5.40 Å². The Morgan fingerprint density at radius 3 is 1.37 bits per heavy atom. The summed E-state index contributed by atoms with van der Waals surface area (Å²) < 4.78 is 0. The predicted octanol–water partition coefficient (Wildman–Crippen LogP) is -3.80. The second-order valence-corrected chi connectivity index (χ2v) is 13.0. The Balaban J connectivity index is 2.56. The van der Waals surface area contributed by atoms with Gasteiger partial charge < -0.3 is 41.7 Å². The fraction of sp³-hybridized carbons (Fsp3) is 0.531. The highest BCUT2D eigenvalue weighted by Crippen LogP contribution is 2.19. The summed E-state index contributed by atoms with van der Waals surface area (Å²) >= 11 is 0.962. The molecule has 1 aromatic rings. The third-order valence-electron chi connectivity index (χ3n) is 7.91. The van der Waals surface area contributed by atoms with Crippen LogP contribution in [0.4, 0.5) is 0 Å². The highest BCUT2D eigenvalue weighted by molar-refractivity contribution is 8.03. The van der Waals surface area contributed by atoms with Crippen LogP contribution in [0.25, 0.3) is 0 Å². The lowest BCUT2D eigenvalue weighted by Crippen LogP contribution is -2.55. The van der Waals surface area contributed by atoms with Crippen molar-refractivity contribution in [2.75, 3.05) is 98.2 Å². The van der Waals surface area contributed by atoms with E-state index in [4.69, 9.17) is 25.7 Å². The summed E-state index contributed by atoms with van der Waals surface area (Å²) in [7, 11) is 0. The van der Waals surface area contributed by atoms with Gasteiger partial charge in [-0.15, -0.1) is 0 Å². The Morgan fingerprint density at radius 2 is 0.963 bits per heavy atom. The molecule has 22 heteroatoms. The van der Waals surface area contributed by atoms with Crippen LogP contribution in [0.1, 0.15) is 5.56 Å². The molecule has 4 amide bonds. The fourth-order valence-corrected chi connectivity index (χ4v) is 5.72. The second-order valence-electron chi connectivity index (χ2n) is 12.1. The molecule has 1 heterocycles. The normalized spacial score (nSPS) is 16.4. The van der Waals surface area contributed by atoms with E-state index >= 15 is 0 Å². The van der Waals surface area contributed by atoms with Crippen LogP contribution in [0.15, 0.2) is 29.2 Å². The number of nitriles is 1. The predicted molar refractivity (Wildman–Crippen MR) is 189 cm³/mol. The summed E-state index contributed by atoms with van der Waals surface area (Å²) in [5.41, 5.74) is 0.780. The number of rotatable bonds is 19. The summed E-state index contributed by atoms with van der Waals surface area (Å²) in [4.78, 5) is 103. The summed E-state index contributed by atoms with van der Waals surface area (Å²) in [6.07, 6.45) is 0.275. The van der Waals surface area contributed by atoms with Crippen LogP contribution < -0.4 is 21.3 Å². The van der Waals surface area contributed by atoms with Gasteiger partial charge in [0.2, 0.25) is 23.6 Å². The molecule has 1 aromatic carbocycles. The lowest BCUT2D eigenvalue weighted by Gasteiger charge is -2.38. The van der Waals surface area contributed by atoms with Crippen LogP contribution in [-0.4, -0.2) is 192 Å². The topological polar surface area (TPSA) is 302 Å². The van der Waals surface area contributed by atoms with E-state index in [1.54, 1.807) is 43.9 Å². The summed E-state index contributed by atoms with van der Waals surface area (Å²) in [6.45, 7) is -2.72. The number of amides is 4. The van der Waals surface area contributed by atoms with E-state index in [0.29, 0.717) is 4.90 Å². The number of hydrogen-bond acceptors (Lipinski definition) is 14. The number of nitrogens with zero attached hydrogens (tertiary/aromatic N) is 5. The van der Waals surface area contributed by atoms with E-state index in [2.05, 4.69) is 21.3 Å². The quantitative estimate of drug-likeness (QED) is 0.0493. The van der Waals surface area contributed by atoms with Crippen molar-refractivity contribution in [1.82, 2.24) is 40.9 Å². The number of nitrogens with one attached hydrogen (secondary N) is 4. The van der Waals surface area contributed by atoms with Crippen molar-refractivity contribution < 1.29 is 58.8 Å². The number of hydrogen-bond donors (Lipinski definition) is 8. The maximum Gasteiger partial charge on any atom is 0.322 e. The van der Waals surface area contributed by atoms with Crippen LogP contribution >= 0.6 is 11.8 Å². The Morgan fingerprint density at radius 1 is 0.593 bits per heavy atom. The van der Waals surface area contributed by atoms with E-state index < -0.39 is 79.7 Å². The molecule has 0 radical (unpaired) electrons. The van der Waals surface area contributed by atoms with Gasteiger partial charge in [-0.05, 0) is 35.9 Å². The molecule has 1 atom stereocenters. The molecular formula is C32H45N9O12S. The zero-order valence-electron chi connectivity index (χ0n) is 29.4. The maximum absolute atomic E-state index is 13.1. The molecule has 0 aromatic heterocycles. The highest BCUT2D eigenvalue weighted by Gasteiger charge is 2.28. The Labute approximate surface area is 314 Å². The first-order chi connectivity index (χ1) is 25.6.